The van der Waals surface area contributed by atoms with Crippen molar-refractivity contribution in [3.8, 4) is 11.5 Å². The van der Waals surface area contributed by atoms with Crippen LogP contribution in [0.1, 0.15) is 13.3 Å². The van der Waals surface area contributed by atoms with E-state index in [2.05, 4.69) is 5.32 Å². The predicted molar refractivity (Wildman–Crippen MR) is 106 cm³/mol. The molecule has 29 heavy (non-hydrogen) atoms. The number of ether oxygens (including phenoxy) is 3. The van der Waals surface area contributed by atoms with Gasteiger partial charge in [0, 0.05) is 12.2 Å². The lowest BCUT2D eigenvalue weighted by Gasteiger charge is -2.29. The highest BCUT2D eigenvalue weighted by Gasteiger charge is 2.26. The summed E-state index contributed by atoms with van der Waals surface area (Å²) in [7, 11) is 1.55. The Labute approximate surface area is 168 Å². The van der Waals surface area contributed by atoms with Crippen molar-refractivity contribution in [2.24, 2.45) is 0 Å². The molecule has 3 rings (SSSR count). The Bertz CT molecular complexity index is 896. The Hall–Kier alpha value is -3.55. The second-order valence-electron chi connectivity index (χ2n) is 6.40. The van der Waals surface area contributed by atoms with E-state index < -0.39 is 18.0 Å². The molecule has 8 nitrogen and oxygen atoms in total. The molecule has 2 amide bonds. The van der Waals surface area contributed by atoms with Crippen molar-refractivity contribution >= 4 is 29.2 Å². The number of nitrogens with zero attached hydrogens (tertiary/aromatic N) is 1. The maximum absolute atomic E-state index is 12.2. The van der Waals surface area contributed by atoms with Crippen LogP contribution in [0.5, 0.6) is 11.5 Å². The quantitative estimate of drug-likeness (QED) is 0.720. The van der Waals surface area contributed by atoms with E-state index in [-0.39, 0.29) is 25.5 Å². The van der Waals surface area contributed by atoms with Crippen LogP contribution in [0.15, 0.2) is 48.5 Å². The summed E-state index contributed by atoms with van der Waals surface area (Å²) >= 11 is 0. The summed E-state index contributed by atoms with van der Waals surface area (Å²) in [6.45, 7) is 1.56. The third-order valence-corrected chi connectivity index (χ3v) is 4.38. The number of hydrogen-bond acceptors (Lipinski definition) is 6. The van der Waals surface area contributed by atoms with Crippen LogP contribution in [0.4, 0.5) is 11.4 Å². The van der Waals surface area contributed by atoms with Crippen LogP contribution in [0.3, 0.4) is 0 Å². The van der Waals surface area contributed by atoms with Gasteiger partial charge in [0.2, 0.25) is 0 Å². The molecule has 1 heterocycles. The van der Waals surface area contributed by atoms with E-state index in [9.17, 15) is 14.4 Å². The van der Waals surface area contributed by atoms with Crippen molar-refractivity contribution in [3.63, 3.8) is 0 Å². The molecule has 0 bridgehead atoms. The fraction of sp³-hybridized carbons (Fsp3) is 0.286. The van der Waals surface area contributed by atoms with Crippen molar-refractivity contribution in [2.75, 3.05) is 30.5 Å². The van der Waals surface area contributed by atoms with E-state index in [1.165, 1.54) is 11.8 Å². The van der Waals surface area contributed by atoms with Crippen LogP contribution in [-0.2, 0) is 19.1 Å². The van der Waals surface area contributed by atoms with E-state index in [0.717, 1.165) is 0 Å². The van der Waals surface area contributed by atoms with Crippen molar-refractivity contribution in [1.29, 1.82) is 0 Å². The van der Waals surface area contributed by atoms with Gasteiger partial charge in [-0.3, -0.25) is 14.4 Å². The van der Waals surface area contributed by atoms with Crippen LogP contribution in [0.2, 0.25) is 0 Å². The summed E-state index contributed by atoms with van der Waals surface area (Å²) in [5.41, 5.74) is 1.18. The van der Waals surface area contributed by atoms with Crippen LogP contribution >= 0.6 is 0 Å². The van der Waals surface area contributed by atoms with Crippen molar-refractivity contribution in [2.45, 2.75) is 19.4 Å². The van der Waals surface area contributed by atoms with Gasteiger partial charge in [-0.05, 0) is 43.3 Å². The molecule has 0 fully saturated rings. The van der Waals surface area contributed by atoms with Gasteiger partial charge < -0.3 is 24.4 Å². The lowest BCUT2D eigenvalue weighted by atomic mass is 10.2. The molecule has 152 valence electrons. The molecule has 1 aliphatic rings. The minimum atomic E-state index is -0.975. The number of carbonyl (C=O) groups is 3. The number of nitrogens with one attached hydrogen (secondary N) is 1. The molecule has 1 atom stereocenters. The minimum absolute atomic E-state index is 0.0414. The maximum Gasteiger partial charge on any atom is 0.308 e. The smallest absolute Gasteiger partial charge is 0.308 e. The number of rotatable bonds is 7. The molecule has 0 aromatic heterocycles. The summed E-state index contributed by atoms with van der Waals surface area (Å²) in [6, 6.07) is 13.9. The minimum Gasteiger partial charge on any atom is -0.497 e. The van der Waals surface area contributed by atoms with Crippen LogP contribution in [0, 0.1) is 0 Å². The van der Waals surface area contributed by atoms with Gasteiger partial charge in [-0.2, -0.15) is 0 Å². The van der Waals surface area contributed by atoms with Gasteiger partial charge in [0.1, 0.15) is 11.5 Å². The summed E-state index contributed by atoms with van der Waals surface area (Å²) in [6.07, 6.45) is -1.02. The summed E-state index contributed by atoms with van der Waals surface area (Å²) in [4.78, 5) is 38.0. The molecular weight excluding hydrogens is 376 g/mol. The Balaban J connectivity index is 1.51. The Morgan fingerprint density at radius 2 is 1.90 bits per heavy atom. The molecule has 8 heteroatoms. The Morgan fingerprint density at radius 1 is 1.17 bits per heavy atom. The number of para-hydroxylation sites is 2. The number of carbonyl (C=O) groups excluding carboxylic acids is 3. The molecule has 0 radical (unpaired) electrons. The fourth-order valence-corrected chi connectivity index (χ4v) is 2.83. The first kappa shape index (κ1) is 20.2. The second-order valence-corrected chi connectivity index (χ2v) is 6.40. The zero-order valence-electron chi connectivity index (χ0n) is 16.2. The zero-order chi connectivity index (χ0) is 20.8. The number of methoxy groups -OCH3 is 1. The highest BCUT2D eigenvalue weighted by molar-refractivity contribution is 5.98. The molecule has 0 spiro atoms. The van der Waals surface area contributed by atoms with Gasteiger partial charge >= 0.3 is 5.97 Å². The van der Waals surface area contributed by atoms with Crippen LogP contribution in [-0.4, -0.2) is 44.1 Å². The molecule has 2 aromatic rings. The second kappa shape index (κ2) is 9.09. The predicted octanol–water partition coefficient (Wildman–Crippen LogP) is 2.38. The highest BCUT2D eigenvalue weighted by Crippen LogP contribution is 2.31. The summed E-state index contributed by atoms with van der Waals surface area (Å²) < 4.78 is 15.6. The molecule has 0 saturated heterocycles. The molecule has 2 aromatic carbocycles. The third kappa shape index (κ3) is 5.04. The first-order chi connectivity index (χ1) is 14.0. The van der Waals surface area contributed by atoms with Gasteiger partial charge in [0.05, 0.1) is 19.2 Å². The normalized spacial score (nSPS) is 13.7. The van der Waals surface area contributed by atoms with E-state index in [1.807, 2.05) is 6.07 Å². The van der Waals surface area contributed by atoms with E-state index in [0.29, 0.717) is 22.9 Å². The van der Waals surface area contributed by atoms with Gasteiger partial charge in [-0.15, -0.1) is 0 Å². The van der Waals surface area contributed by atoms with E-state index in [4.69, 9.17) is 14.2 Å². The first-order valence-corrected chi connectivity index (χ1v) is 9.14. The lowest BCUT2D eigenvalue weighted by molar-refractivity contribution is -0.153. The molecule has 0 saturated carbocycles. The average molecular weight is 398 g/mol. The van der Waals surface area contributed by atoms with Crippen LogP contribution < -0.4 is 19.7 Å². The fourth-order valence-electron chi connectivity index (χ4n) is 2.83. The lowest BCUT2D eigenvalue weighted by Crippen LogP contribution is -2.40. The zero-order valence-corrected chi connectivity index (χ0v) is 16.2. The summed E-state index contributed by atoms with van der Waals surface area (Å²) in [5, 5.41) is 2.67. The number of hydrogen-bond donors (Lipinski definition) is 1. The first-order valence-electron chi connectivity index (χ1n) is 9.14. The molecular formula is C21H22N2O6. The maximum atomic E-state index is 12.2. The third-order valence-electron chi connectivity index (χ3n) is 4.38. The van der Waals surface area contributed by atoms with Crippen molar-refractivity contribution in [3.05, 3.63) is 48.5 Å². The molecule has 1 aliphatic heterocycles. The van der Waals surface area contributed by atoms with Gasteiger partial charge in [0.15, 0.2) is 12.7 Å². The monoisotopic (exact) mass is 398 g/mol. The standard InChI is InChI=1S/C21H22N2O6/c1-14(21(26)22-15-7-9-16(27-2)10-8-15)29-20(25)11-12-23-17-5-3-4-6-18(17)28-13-19(23)24/h3-10,14H,11-13H2,1-2H3,(H,22,26)/t14-/m1/s1. The number of amides is 2. The number of fused-ring (bicyclic) bond motifs is 1. The molecule has 1 N–H and O–H groups in total. The van der Waals surface area contributed by atoms with Crippen LogP contribution in [0.25, 0.3) is 0 Å². The number of esters is 1. The Kier molecular flexibility index (Phi) is 6.33. The van der Waals surface area contributed by atoms with Gasteiger partial charge in [-0.1, -0.05) is 12.1 Å². The van der Waals surface area contributed by atoms with Gasteiger partial charge in [0.25, 0.3) is 11.8 Å². The number of anilines is 2. The largest absolute Gasteiger partial charge is 0.497 e. The Morgan fingerprint density at radius 3 is 2.62 bits per heavy atom. The molecule has 0 aliphatic carbocycles. The summed E-state index contributed by atoms with van der Waals surface area (Å²) in [5.74, 6) is 0.00618. The van der Waals surface area contributed by atoms with Crippen molar-refractivity contribution < 1.29 is 28.6 Å². The SMILES string of the molecule is COc1ccc(NC(=O)[C@@H](C)OC(=O)CCN2C(=O)COc3ccccc32)cc1. The van der Waals surface area contributed by atoms with E-state index in [1.54, 1.807) is 49.6 Å². The van der Waals surface area contributed by atoms with E-state index >= 15 is 0 Å². The topological polar surface area (TPSA) is 94.2 Å². The van der Waals surface area contributed by atoms with Gasteiger partial charge in [-0.25, -0.2) is 0 Å². The number of benzene rings is 2. The average Bonchev–Trinajstić information content (AvgIpc) is 2.73. The molecule has 0 unspecified atom stereocenters. The van der Waals surface area contributed by atoms with Crippen molar-refractivity contribution in [1.82, 2.24) is 0 Å². The highest BCUT2D eigenvalue weighted by atomic mass is 16.5.